The molecule has 0 N–H and O–H groups in total. The van der Waals surface area contributed by atoms with E-state index >= 15 is 0 Å². The Balaban J connectivity index is 1.21. The quantitative estimate of drug-likeness (QED) is 0.121. The van der Waals surface area contributed by atoms with Gasteiger partial charge in [0.2, 0.25) is 5.95 Å². The van der Waals surface area contributed by atoms with Crippen LogP contribution in [0.4, 0.5) is 34.5 Å². The first kappa shape index (κ1) is 48.9. The average Bonchev–Trinajstić information content (AvgIpc) is 3.44. The van der Waals surface area contributed by atoms with Crippen LogP contribution in [0.3, 0.4) is 0 Å². The summed E-state index contributed by atoms with van der Waals surface area (Å²) in [6.45, 7) is 17.6. The fourth-order valence-corrected chi connectivity index (χ4v) is 10.8. The van der Waals surface area contributed by atoms with Gasteiger partial charge in [-0.2, -0.15) is 9.97 Å². The molecule has 0 aliphatic carbocycles. The van der Waals surface area contributed by atoms with E-state index in [1.54, 1.807) is 0 Å². The first-order valence-corrected chi connectivity index (χ1v) is 25.9. The molecule has 0 unspecified atom stereocenters. The number of nitrogens with zero attached hydrogens (tertiary/aromatic N) is 7. The van der Waals surface area contributed by atoms with Crippen molar-refractivity contribution in [2.75, 3.05) is 9.80 Å². The van der Waals surface area contributed by atoms with Gasteiger partial charge in [0.15, 0.2) is 17.5 Å². The standard InChI is InChI=1S/C69H59N7/c1-44-34-46(3)63(47(4)35-44)75(64-48(5)36-45(2)37-49(64)6)60-38-50(7)65(51(8)39-60)76(62-43-61(54-28-18-11-19-29-54)70-66(71-62)55-30-20-12-21-31-55)69-73-67(56-32-22-13-23-33-56)72-68(74-69)59-41-57(52-24-14-9-15-25-52)40-58(42-59)53-26-16-10-17-27-53/h9-43H,1-8H3. The molecule has 370 valence electrons. The van der Waals surface area contributed by atoms with Gasteiger partial charge in [0.25, 0.3) is 0 Å². The molecule has 0 aliphatic heterocycles. The number of benzene rings is 9. The molecule has 2 aromatic heterocycles. The Hall–Kier alpha value is -9.33. The first-order valence-electron chi connectivity index (χ1n) is 25.9. The van der Waals surface area contributed by atoms with Crippen LogP contribution in [0.15, 0.2) is 212 Å². The molecule has 11 rings (SSSR count). The Morgan fingerprint density at radius 1 is 0.263 bits per heavy atom. The van der Waals surface area contributed by atoms with Gasteiger partial charge in [-0.1, -0.05) is 187 Å². The number of hydrogen-bond acceptors (Lipinski definition) is 7. The van der Waals surface area contributed by atoms with Gasteiger partial charge in [-0.3, -0.25) is 4.90 Å². The number of aryl methyl sites for hydroxylation is 8. The van der Waals surface area contributed by atoms with Gasteiger partial charge >= 0.3 is 0 Å². The van der Waals surface area contributed by atoms with Crippen LogP contribution in [0.25, 0.3) is 67.7 Å². The molecule has 0 saturated carbocycles. The number of aromatic nitrogens is 5. The monoisotopic (exact) mass is 985 g/mol. The highest BCUT2D eigenvalue weighted by molar-refractivity contribution is 5.88. The lowest BCUT2D eigenvalue weighted by atomic mass is 9.96. The van der Waals surface area contributed by atoms with Crippen LogP contribution in [0, 0.1) is 55.4 Å². The summed E-state index contributed by atoms with van der Waals surface area (Å²) in [7, 11) is 0. The summed E-state index contributed by atoms with van der Waals surface area (Å²) in [6, 6.07) is 74.1. The van der Waals surface area contributed by atoms with E-state index in [9.17, 15) is 0 Å². The van der Waals surface area contributed by atoms with E-state index in [0.717, 1.165) is 72.7 Å². The molecule has 0 amide bonds. The lowest BCUT2D eigenvalue weighted by Crippen LogP contribution is -2.20. The van der Waals surface area contributed by atoms with E-state index in [0.29, 0.717) is 29.2 Å². The van der Waals surface area contributed by atoms with Crippen LogP contribution in [0.1, 0.15) is 44.5 Å². The third kappa shape index (κ3) is 9.91. The molecule has 9 aromatic carbocycles. The van der Waals surface area contributed by atoms with Crippen molar-refractivity contribution in [2.45, 2.75) is 55.4 Å². The van der Waals surface area contributed by atoms with Crippen LogP contribution in [0.5, 0.6) is 0 Å². The van der Waals surface area contributed by atoms with Crippen molar-refractivity contribution in [2.24, 2.45) is 0 Å². The molecule has 0 radical (unpaired) electrons. The lowest BCUT2D eigenvalue weighted by Gasteiger charge is -2.34. The van der Waals surface area contributed by atoms with Crippen molar-refractivity contribution in [1.29, 1.82) is 0 Å². The molecule has 0 spiro atoms. The van der Waals surface area contributed by atoms with E-state index in [2.05, 4.69) is 211 Å². The van der Waals surface area contributed by atoms with E-state index in [-0.39, 0.29) is 0 Å². The van der Waals surface area contributed by atoms with Crippen LogP contribution in [-0.4, -0.2) is 24.9 Å². The van der Waals surface area contributed by atoms with Crippen molar-refractivity contribution >= 4 is 34.5 Å². The van der Waals surface area contributed by atoms with Gasteiger partial charge < -0.3 is 4.90 Å². The molecule has 7 nitrogen and oxygen atoms in total. The molecule has 0 atom stereocenters. The third-order valence-corrected chi connectivity index (χ3v) is 14.0. The Kier molecular flexibility index (Phi) is 13.4. The van der Waals surface area contributed by atoms with Crippen LogP contribution in [0.2, 0.25) is 0 Å². The first-order chi connectivity index (χ1) is 36.9. The normalized spacial score (nSPS) is 11.2. The molecule has 0 bridgehead atoms. The largest absolute Gasteiger partial charge is 0.309 e. The molecule has 0 aliphatic rings. The maximum Gasteiger partial charge on any atom is 0.239 e. The number of hydrogen-bond donors (Lipinski definition) is 0. The van der Waals surface area contributed by atoms with Crippen LogP contribution < -0.4 is 9.80 Å². The second-order valence-corrected chi connectivity index (χ2v) is 19.9. The molecular formula is C69H59N7. The van der Waals surface area contributed by atoms with Gasteiger partial charge in [0, 0.05) is 34.0 Å². The minimum absolute atomic E-state index is 0.415. The number of rotatable bonds is 12. The molecule has 7 heteroatoms. The van der Waals surface area contributed by atoms with E-state index in [1.807, 2.05) is 66.7 Å². The zero-order valence-electron chi connectivity index (χ0n) is 44.3. The predicted octanol–water partition coefficient (Wildman–Crippen LogP) is 18.1. The summed E-state index contributed by atoms with van der Waals surface area (Å²) in [6.07, 6.45) is 0. The van der Waals surface area contributed by atoms with Crippen LogP contribution in [-0.2, 0) is 0 Å². The fraction of sp³-hybridized carbons (Fsp3) is 0.116. The zero-order chi connectivity index (χ0) is 52.5. The summed E-state index contributed by atoms with van der Waals surface area (Å²) in [4.78, 5) is 31.8. The maximum atomic E-state index is 5.59. The second-order valence-electron chi connectivity index (χ2n) is 19.9. The topological polar surface area (TPSA) is 70.9 Å². The minimum atomic E-state index is 0.415. The molecule has 0 fully saturated rings. The SMILES string of the molecule is Cc1cc(C)c(N(c2cc(C)c(N(c3cc(-c4ccccc4)nc(-c4ccccc4)n3)c3nc(-c4ccccc4)nc(-c4cc(-c5ccccc5)cc(-c5ccccc5)c4)n3)c(C)c2)c2c(C)cc(C)cc2C)c(C)c1. The third-order valence-electron chi connectivity index (χ3n) is 14.0. The Morgan fingerprint density at radius 3 is 1.04 bits per heavy atom. The van der Waals surface area contributed by atoms with Gasteiger partial charge in [-0.05, 0) is 141 Å². The van der Waals surface area contributed by atoms with Gasteiger partial charge in [0.1, 0.15) is 5.82 Å². The summed E-state index contributed by atoms with van der Waals surface area (Å²) in [5, 5.41) is 0. The lowest BCUT2D eigenvalue weighted by molar-refractivity contribution is 0.994. The summed E-state index contributed by atoms with van der Waals surface area (Å²) in [5.74, 6) is 2.66. The van der Waals surface area contributed by atoms with Gasteiger partial charge in [0.05, 0.1) is 22.8 Å². The van der Waals surface area contributed by atoms with E-state index < -0.39 is 0 Å². The van der Waals surface area contributed by atoms with Crippen molar-refractivity contribution in [3.05, 3.63) is 257 Å². The highest BCUT2D eigenvalue weighted by Gasteiger charge is 2.28. The Labute approximate surface area is 447 Å². The van der Waals surface area contributed by atoms with Crippen molar-refractivity contribution in [3.63, 3.8) is 0 Å². The minimum Gasteiger partial charge on any atom is -0.309 e. The highest BCUT2D eigenvalue weighted by atomic mass is 15.3. The van der Waals surface area contributed by atoms with E-state index in [4.69, 9.17) is 24.9 Å². The average molecular weight is 986 g/mol. The van der Waals surface area contributed by atoms with Gasteiger partial charge in [-0.25, -0.2) is 15.0 Å². The summed E-state index contributed by atoms with van der Waals surface area (Å²) in [5.41, 5.74) is 22.2. The summed E-state index contributed by atoms with van der Waals surface area (Å²) < 4.78 is 0. The van der Waals surface area contributed by atoms with Gasteiger partial charge in [-0.15, -0.1) is 0 Å². The fourth-order valence-electron chi connectivity index (χ4n) is 10.8. The maximum absolute atomic E-state index is 5.59. The second kappa shape index (κ2) is 20.9. The van der Waals surface area contributed by atoms with Crippen LogP contribution >= 0.6 is 0 Å². The molecule has 76 heavy (non-hydrogen) atoms. The molecule has 0 saturated heterocycles. The highest BCUT2D eigenvalue weighted by Crippen LogP contribution is 2.47. The predicted molar refractivity (Wildman–Crippen MR) is 315 cm³/mol. The number of anilines is 6. The Bertz CT molecular complexity index is 3650. The molecular weight excluding hydrogens is 927 g/mol. The molecule has 11 aromatic rings. The smallest absolute Gasteiger partial charge is 0.239 e. The van der Waals surface area contributed by atoms with Crippen molar-refractivity contribution in [3.8, 4) is 67.7 Å². The zero-order valence-corrected chi connectivity index (χ0v) is 44.3. The Morgan fingerprint density at radius 2 is 0.605 bits per heavy atom. The molecule has 2 heterocycles. The van der Waals surface area contributed by atoms with Crippen molar-refractivity contribution < 1.29 is 0 Å². The summed E-state index contributed by atoms with van der Waals surface area (Å²) >= 11 is 0. The van der Waals surface area contributed by atoms with Crippen molar-refractivity contribution in [1.82, 2.24) is 24.9 Å². The van der Waals surface area contributed by atoms with E-state index in [1.165, 1.54) is 44.8 Å².